The van der Waals surface area contributed by atoms with Crippen LogP contribution in [0.25, 0.3) is 21.3 Å². The van der Waals surface area contributed by atoms with Crippen molar-refractivity contribution in [2.45, 2.75) is 6.92 Å². The van der Waals surface area contributed by atoms with Crippen molar-refractivity contribution >= 4 is 49.3 Å². The molecule has 4 rings (SSSR count). The molecule has 0 radical (unpaired) electrons. The van der Waals surface area contributed by atoms with Crippen molar-refractivity contribution in [3.63, 3.8) is 0 Å². The van der Waals surface area contributed by atoms with Gasteiger partial charge in [-0.05, 0) is 18.2 Å². The van der Waals surface area contributed by atoms with E-state index in [0.29, 0.717) is 0 Å². The van der Waals surface area contributed by atoms with Crippen LogP contribution in [0.4, 0.5) is 10.8 Å². The monoisotopic (exact) mass is 307 g/mol. The molecular formula is C17H13N3OS. The van der Waals surface area contributed by atoms with E-state index < -0.39 is 0 Å². The average molecular weight is 307 g/mol. The fraction of sp³-hybridized carbons (Fsp3) is 0.0588. The predicted molar refractivity (Wildman–Crippen MR) is 91.1 cm³/mol. The number of nitrogens with one attached hydrogen (secondary N) is 1. The van der Waals surface area contributed by atoms with Crippen LogP contribution in [0, 0.1) is 0 Å². The molecule has 2 aromatic carbocycles. The van der Waals surface area contributed by atoms with Crippen LogP contribution in [0.2, 0.25) is 0 Å². The topological polar surface area (TPSA) is 46.9 Å². The highest BCUT2D eigenvalue weighted by Crippen LogP contribution is 2.35. The lowest BCUT2D eigenvalue weighted by molar-refractivity contribution is 0.0947. The van der Waals surface area contributed by atoms with Gasteiger partial charge in [0, 0.05) is 18.0 Å². The van der Waals surface area contributed by atoms with Crippen molar-refractivity contribution in [3.05, 3.63) is 54.6 Å². The zero-order valence-corrected chi connectivity index (χ0v) is 12.7. The summed E-state index contributed by atoms with van der Waals surface area (Å²) in [6.07, 6.45) is 0. The number of carbonyl (C=O) groups is 1. The lowest BCUT2D eigenvalue weighted by Crippen LogP contribution is -2.03. The summed E-state index contributed by atoms with van der Waals surface area (Å²) in [6.45, 7) is 1.58. The Morgan fingerprint density at radius 1 is 1.09 bits per heavy atom. The van der Waals surface area contributed by atoms with Gasteiger partial charge in [0.15, 0.2) is 5.13 Å². The summed E-state index contributed by atoms with van der Waals surface area (Å²) >= 11 is 1.49. The van der Waals surface area contributed by atoms with Gasteiger partial charge in [-0.15, -0.1) is 0 Å². The lowest BCUT2D eigenvalue weighted by atomic mass is 10.2. The van der Waals surface area contributed by atoms with E-state index in [1.54, 1.807) is 11.5 Å². The number of fused-ring (bicyclic) bond motifs is 3. The third-order valence-electron chi connectivity index (χ3n) is 3.55. The van der Waals surface area contributed by atoms with E-state index in [4.69, 9.17) is 0 Å². The fourth-order valence-corrected chi connectivity index (χ4v) is 3.69. The first-order chi connectivity index (χ1) is 10.7. The molecule has 4 nitrogen and oxygen atoms in total. The van der Waals surface area contributed by atoms with Crippen LogP contribution < -0.4 is 5.32 Å². The molecule has 1 N–H and O–H groups in total. The van der Waals surface area contributed by atoms with Gasteiger partial charge in [0.2, 0.25) is 5.91 Å². The SMILES string of the molecule is CC(=O)n1c2ccccc2c2nc(Nc3ccccc3)sc21. The van der Waals surface area contributed by atoms with Gasteiger partial charge >= 0.3 is 0 Å². The molecule has 0 saturated carbocycles. The predicted octanol–water partition coefficient (Wildman–Crippen LogP) is 4.65. The molecule has 4 aromatic rings. The smallest absolute Gasteiger partial charge is 0.229 e. The minimum absolute atomic E-state index is 0.00103. The molecule has 0 aliphatic heterocycles. The normalized spacial score (nSPS) is 11.1. The highest BCUT2D eigenvalue weighted by atomic mass is 32.1. The van der Waals surface area contributed by atoms with E-state index >= 15 is 0 Å². The summed E-state index contributed by atoms with van der Waals surface area (Å²) in [5.41, 5.74) is 2.77. The molecule has 0 atom stereocenters. The Bertz CT molecular complexity index is 985. The second kappa shape index (κ2) is 4.96. The van der Waals surface area contributed by atoms with E-state index in [-0.39, 0.29) is 5.91 Å². The summed E-state index contributed by atoms with van der Waals surface area (Å²) < 4.78 is 1.73. The van der Waals surface area contributed by atoms with Gasteiger partial charge in [0.25, 0.3) is 0 Å². The summed E-state index contributed by atoms with van der Waals surface area (Å²) in [5.74, 6) is 0.00103. The molecule has 2 aromatic heterocycles. The lowest BCUT2D eigenvalue weighted by Gasteiger charge is -2.02. The van der Waals surface area contributed by atoms with Gasteiger partial charge in [0.05, 0.1) is 5.52 Å². The van der Waals surface area contributed by atoms with Gasteiger partial charge in [-0.1, -0.05) is 47.7 Å². The first-order valence-corrected chi connectivity index (χ1v) is 7.78. The van der Waals surface area contributed by atoms with E-state index in [1.165, 1.54) is 11.3 Å². The van der Waals surface area contributed by atoms with Crippen molar-refractivity contribution in [2.75, 3.05) is 5.32 Å². The molecule has 22 heavy (non-hydrogen) atoms. The van der Waals surface area contributed by atoms with Crippen LogP contribution in [0.5, 0.6) is 0 Å². The molecule has 0 aliphatic carbocycles. The van der Waals surface area contributed by atoms with Crippen molar-refractivity contribution in [2.24, 2.45) is 0 Å². The van der Waals surface area contributed by atoms with Gasteiger partial charge in [-0.25, -0.2) is 4.98 Å². The highest BCUT2D eigenvalue weighted by molar-refractivity contribution is 7.22. The molecule has 0 spiro atoms. The second-order valence-corrected chi connectivity index (χ2v) is 6.01. The van der Waals surface area contributed by atoms with Crippen molar-refractivity contribution in [3.8, 4) is 0 Å². The second-order valence-electron chi connectivity index (χ2n) is 5.04. The third kappa shape index (κ3) is 1.98. The Morgan fingerprint density at radius 3 is 2.59 bits per heavy atom. The third-order valence-corrected chi connectivity index (χ3v) is 4.51. The Balaban J connectivity index is 1.91. The average Bonchev–Trinajstić information content (AvgIpc) is 3.04. The maximum absolute atomic E-state index is 12.0. The largest absolute Gasteiger partial charge is 0.331 e. The van der Waals surface area contributed by atoms with E-state index in [9.17, 15) is 4.79 Å². The maximum atomic E-state index is 12.0. The van der Waals surface area contributed by atoms with Crippen molar-refractivity contribution in [1.82, 2.24) is 9.55 Å². The van der Waals surface area contributed by atoms with Crippen LogP contribution in [0.3, 0.4) is 0 Å². The van der Waals surface area contributed by atoms with Crippen LogP contribution in [-0.2, 0) is 0 Å². The Hall–Kier alpha value is -2.66. The van der Waals surface area contributed by atoms with E-state index in [1.807, 2.05) is 54.6 Å². The Labute approximate surface area is 131 Å². The molecule has 0 aliphatic rings. The quantitative estimate of drug-likeness (QED) is 0.586. The Kier molecular flexibility index (Phi) is 2.94. The zero-order valence-electron chi connectivity index (χ0n) is 11.9. The summed E-state index contributed by atoms with van der Waals surface area (Å²) in [7, 11) is 0. The van der Waals surface area contributed by atoms with E-state index in [0.717, 1.165) is 32.1 Å². The first kappa shape index (κ1) is 13.0. The summed E-state index contributed by atoms with van der Waals surface area (Å²) in [4.78, 5) is 17.6. The highest BCUT2D eigenvalue weighted by Gasteiger charge is 2.17. The maximum Gasteiger partial charge on any atom is 0.229 e. The number of aromatic nitrogens is 2. The summed E-state index contributed by atoms with van der Waals surface area (Å²) in [6, 6.07) is 17.8. The molecule has 108 valence electrons. The number of anilines is 2. The molecular weight excluding hydrogens is 294 g/mol. The minimum Gasteiger partial charge on any atom is -0.331 e. The standard InChI is InChI=1S/C17H13N3OS/c1-11(21)20-14-10-6-5-9-13(14)15-16(20)22-17(19-15)18-12-7-3-2-4-8-12/h2-10H,1H3,(H,18,19). The van der Waals surface area contributed by atoms with Crippen LogP contribution >= 0.6 is 11.3 Å². The van der Waals surface area contributed by atoms with Gasteiger partial charge in [0.1, 0.15) is 10.3 Å². The molecule has 0 fully saturated rings. The number of para-hydroxylation sites is 2. The van der Waals surface area contributed by atoms with Crippen LogP contribution in [-0.4, -0.2) is 15.5 Å². The molecule has 0 amide bonds. The number of rotatable bonds is 2. The minimum atomic E-state index is 0.00103. The van der Waals surface area contributed by atoms with Crippen molar-refractivity contribution in [1.29, 1.82) is 0 Å². The van der Waals surface area contributed by atoms with Crippen LogP contribution in [0.15, 0.2) is 54.6 Å². The molecule has 5 heteroatoms. The number of hydrogen-bond donors (Lipinski definition) is 1. The fourth-order valence-electron chi connectivity index (χ4n) is 2.63. The molecule has 0 unspecified atom stereocenters. The number of benzene rings is 2. The first-order valence-electron chi connectivity index (χ1n) is 6.97. The van der Waals surface area contributed by atoms with Crippen molar-refractivity contribution < 1.29 is 4.79 Å². The van der Waals surface area contributed by atoms with E-state index in [2.05, 4.69) is 10.3 Å². The van der Waals surface area contributed by atoms with Gasteiger partial charge in [-0.2, -0.15) is 0 Å². The zero-order chi connectivity index (χ0) is 15.1. The number of carbonyl (C=O) groups excluding carboxylic acids is 1. The number of thiazole rings is 1. The number of hydrogen-bond acceptors (Lipinski definition) is 4. The Morgan fingerprint density at radius 2 is 1.82 bits per heavy atom. The number of nitrogens with zero attached hydrogens (tertiary/aromatic N) is 2. The summed E-state index contributed by atoms with van der Waals surface area (Å²) in [5, 5.41) is 5.09. The molecule has 0 bridgehead atoms. The van der Waals surface area contributed by atoms with Gasteiger partial charge < -0.3 is 5.32 Å². The van der Waals surface area contributed by atoms with Crippen LogP contribution in [0.1, 0.15) is 11.7 Å². The van der Waals surface area contributed by atoms with Gasteiger partial charge in [-0.3, -0.25) is 9.36 Å². The molecule has 0 saturated heterocycles. The molecule has 2 heterocycles.